The van der Waals surface area contributed by atoms with Crippen molar-refractivity contribution in [2.45, 2.75) is 45.2 Å². The van der Waals surface area contributed by atoms with Crippen LogP contribution in [0.15, 0.2) is 52.9 Å². The number of para-hydroxylation sites is 1. The van der Waals surface area contributed by atoms with E-state index in [9.17, 15) is 4.79 Å². The third-order valence-electron chi connectivity index (χ3n) is 6.71. The lowest BCUT2D eigenvalue weighted by molar-refractivity contribution is 0.0998. The molecule has 30 heavy (non-hydrogen) atoms. The van der Waals surface area contributed by atoms with Gasteiger partial charge in [-0.3, -0.25) is 9.69 Å². The number of anilines is 2. The van der Waals surface area contributed by atoms with Crippen molar-refractivity contribution in [2.24, 2.45) is 0 Å². The molecule has 156 valence electrons. The van der Waals surface area contributed by atoms with E-state index in [1.54, 1.807) is 6.07 Å². The number of likely N-dealkylation sites (tertiary alicyclic amines) is 1. The number of nitrogens with zero attached hydrogens (tertiary/aromatic N) is 2. The zero-order chi connectivity index (χ0) is 20.7. The molecular weight excluding hydrogens is 374 g/mol. The first kappa shape index (κ1) is 19.2. The van der Waals surface area contributed by atoms with Crippen LogP contribution in [-0.4, -0.2) is 42.5 Å². The minimum atomic E-state index is -0.216. The molecule has 0 bridgehead atoms. The van der Waals surface area contributed by atoms with Gasteiger partial charge in [-0.05, 0) is 75.5 Å². The van der Waals surface area contributed by atoms with Crippen LogP contribution >= 0.6 is 0 Å². The van der Waals surface area contributed by atoms with E-state index >= 15 is 0 Å². The standard InChI is InChI=1S/C25H29N3O2/c1-17-14-20(27-13-11-21(16-27)28-12-5-6-18(28)2)9-10-22(17)26-25(29)24-15-19-7-3-4-8-23(19)30-24/h3-4,7-10,14-15,18,21H,5-6,11-13,16H2,1-2H3,(H,26,29). The Balaban J connectivity index is 1.27. The molecule has 1 aromatic heterocycles. The van der Waals surface area contributed by atoms with Gasteiger partial charge in [0.25, 0.3) is 5.91 Å². The maximum Gasteiger partial charge on any atom is 0.291 e. The summed E-state index contributed by atoms with van der Waals surface area (Å²) in [6.45, 7) is 7.84. The highest BCUT2D eigenvalue weighted by Crippen LogP contribution is 2.30. The highest BCUT2D eigenvalue weighted by atomic mass is 16.3. The molecule has 2 aliphatic heterocycles. The Bertz CT molecular complexity index is 1040. The van der Waals surface area contributed by atoms with Crippen LogP contribution < -0.4 is 10.2 Å². The van der Waals surface area contributed by atoms with Crippen LogP contribution in [0.2, 0.25) is 0 Å². The smallest absolute Gasteiger partial charge is 0.291 e. The number of carbonyl (C=O) groups excluding carboxylic acids is 1. The minimum absolute atomic E-state index is 0.216. The van der Waals surface area contributed by atoms with E-state index in [4.69, 9.17) is 4.42 Å². The zero-order valence-electron chi connectivity index (χ0n) is 17.7. The second-order valence-electron chi connectivity index (χ2n) is 8.72. The molecule has 5 rings (SSSR count). The van der Waals surface area contributed by atoms with Crippen molar-refractivity contribution < 1.29 is 9.21 Å². The Labute approximate surface area is 177 Å². The molecule has 0 aliphatic carbocycles. The molecule has 1 N–H and O–H groups in total. The number of nitrogens with one attached hydrogen (secondary N) is 1. The van der Waals surface area contributed by atoms with Gasteiger partial charge in [0.15, 0.2) is 5.76 Å². The molecule has 3 heterocycles. The summed E-state index contributed by atoms with van der Waals surface area (Å²) >= 11 is 0. The van der Waals surface area contributed by atoms with Gasteiger partial charge in [0.05, 0.1) is 0 Å². The summed E-state index contributed by atoms with van der Waals surface area (Å²) in [5, 5.41) is 3.94. The number of hydrogen-bond acceptors (Lipinski definition) is 4. The number of furan rings is 1. The molecule has 0 spiro atoms. The molecule has 0 radical (unpaired) electrons. The predicted molar refractivity (Wildman–Crippen MR) is 121 cm³/mol. The fourth-order valence-corrected chi connectivity index (χ4v) is 5.01. The number of benzene rings is 2. The first-order chi connectivity index (χ1) is 14.6. The van der Waals surface area contributed by atoms with Crippen LogP contribution in [0.1, 0.15) is 42.3 Å². The summed E-state index contributed by atoms with van der Waals surface area (Å²) in [6.07, 6.45) is 3.89. The third-order valence-corrected chi connectivity index (χ3v) is 6.71. The van der Waals surface area contributed by atoms with Crippen molar-refractivity contribution in [3.05, 3.63) is 59.9 Å². The monoisotopic (exact) mass is 403 g/mol. The summed E-state index contributed by atoms with van der Waals surface area (Å²) in [7, 11) is 0. The van der Waals surface area contributed by atoms with Crippen LogP contribution in [0, 0.1) is 6.92 Å². The Morgan fingerprint density at radius 2 is 1.97 bits per heavy atom. The molecule has 0 saturated carbocycles. The quantitative estimate of drug-likeness (QED) is 0.662. The molecule has 2 aromatic carbocycles. The van der Waals surface area contributed by atoms with Crippen LogP contribution in [0.3, 0.4) is 0 Å². The lowest BCUT2D eigenvalue weighted by atomic mass is 10.1. The molecule has 5 nitrogen and oxygen atoms in total. The molecular formula is C25H29N3O2. The topological polar surface area (TPSA) is 48.7 Å². The number of aryl methyl sites for hydroxylation is 1. The molecule has 1 amide bonds. The SMILES string of the molecule is Cc1cc(N2CCC(N3CCCC3C)C2)ccc1NC(=O)c1cc2ccccc2o1. The van der Waals surface area contributed by atoms with Gasteiger partial charge in [-0.2, -0.15) is 0 Å². The number of rotatable bonds is 4. The second-order valence-corrected chi connectivity index (χ2v) is 8.72. The van der Waals surface area contributed by atoms with Gasteiger partial charge in [-0.1, -0.05) is 18.2 Å². The fraction of sp³-hybridized carbons (Fsp3) is 0.400. The minimum Gasteiger partial charge on any atom is -0.451 e. The van der Waals surface area contributed by atoms with Crippen LogP contribution in [0.4, 0.5) is 11.4 Å². The van der Waals surface area contributed by atoms with E-state index in [-0.39, 0.29) is 5.91 Å². The third kappa shape index (κ3) is 3.58. The molecule has 2 aliphatic rings. The van der Waals surface area contributed by atoms with Crippen molar-refractivity contribution in [1.82, 2.24) is 4.90 Å². The largest absolute Gasteiger partial charge is 0.451 e. The number of carbonyl (C=O) groups is 1. The molecule has 2 atom stereocenters. The number of fused-ring (bicyclic) bond motifs is 1. The van der Waals surface area contributed by atoms with Gasteiger partial charge in [0.2, 0.25) is 0 Å². The van der Waals surface area contributed by atoms with E-state index < -0.39 is 0 Å². The van der Waals surface area contributed by atoms with Crippen molar-refractivity contribution in [2.75, 3.05) is 29.9 Å². The molecule has 5 heteroatoms. The van der Waals surface area contributed by atoms with Crippen LogP contribution in [0.25, 0.3) is 11.0 Å². The molecule has 2 fully saturated rings. The molecule has 2 saturated heterocycles. The summed E-state index contributed by atoms with van der Waals surface area (Å²) in [4.78, 5) is 17.8. The van der Waals surface area contributed by atoms with Crippen molar-refractivity contribution in [3.63, 3.8) is 0 Å². The van der Waals surface area contributed by atoms with Gasteiger partial charge in [-0.25, -0.2) is 0 Å². The summed E-state index contributed by atoms with van der Waals surface area (Å²) in [5.74, 6) is 0.119. The molecule has 2 unspecified atom stereocenters. The van der Waals surface area contributed by atoms with E-state index in [1.807, 2.05) is 37.3 Å². The van der Waals surface area contributed by atoms with Gasteiger partial charge < -0.3 is 14.6 Å². The van der Waals surface area contributed by atoms with Gasteiger partial charge in [0.1, 0.15) is 5.58 Å². The Hall–Kier alpha value is -2.79. The lowest BCUT2D eigenvalue weighted by Gasteiger charge is -2.28. The predicted octanol–water partition coefficient (Wildman–Crippen LogP) is 5.06. The highest BCUT2D eigenvalue weighted by Gasteiger charge is 2.33. The van der Waals surface area contributed by atoms with Crippen molar-refractivity contribution >= 4 is 28.3 Å². The first-order valence-electron chi connectivity index (χ1n) is 11.0. The Morgan fingerprint density at radius 3 is 2.73 bits per heavy atom. The maximum atomic E-state index is 12.7. The zero-order valence-corrected chi connectivity index (χ0v) is 17.7. The van der Waals surface area contributed by atoms with Crippen LogP contribution in [0.5, 0.6) is 0 Å². The maximum absolute atomic E-state index is 12.7. The molecule has 3 aromatic rings. The fourth-order valence-electron chi connectivity index (χ4n) is 5.01. The average Bonchev–Trinajstić information content (AvgIpc) is 3.47. The van der Waals surface area contributed by atoms with Gasteiger partial charge >= 0.3 is 0 Å². The Kier molecular flexibility index (Phi) is 4.99. The Morgan fingerprint density at radius 1 is 1.10 bits per heavy atom. The first-order valence-corrected chi connectivity index (χ1v) is 11.0. The summed E-state index contributed by atoms with van der Waals surface area (Å²) in [5.41, 5.74) is 3.86. The van der Waals surface area contributed by atoms with Gasteiger partial charge in [0, 0.05) is 41.9 Å². The summed E-state index contributed by atoms with van der Waals surface area (Å²) < 4.78 is 5.69. The second kappa shape index (κ2) is 7.80. The summed E-state index contributed by atoms with van der Waals surface area (Å²) in [6, 6.07) is 17.2. The number of hydrogen-bond donors (Lipinski definition) is 1. The van der Waals surface area contributed by atoms with E-state index in [2.05, 4.69) is 34.2 Å². The van der Waals surface area contributed by atoms with Gasteiger partial charge in [-0.15, -0.1) is 0 Å². The van der Waals surface area contributed by atoms with E-state index in [0.29, 0.717) is 17.8 Å². The average molecular weight is 404 g/mol. The number of amides is 1. The lowest BCUT2D eigenvalue weighted by Crippen LogP contribution is -2.39. The van der Waals surface area contributed by atoms with Crippen LogP contribution in [-0.2, 0) is 0 Å². The van der Waals surface area contributed by atoms with E-state index in [0.717, 1.165) is 35.3 Å². The highest BCUT2D eigenvalue weighted by molar-refractivity contribution is 6.05. The van der Waals surface area contributed by atoms with Crippen molar-refractivity contribution in [1.29, 1.82) is 0 Å². The van der Waals surface area contributed by atoms with E-state index in [1.165, 1.54) is 31.5 Å². The van der Waals surface area contributed by atoms with Crippen molar-refractivity contribution in [3.8, 4) is 0 Å². The normalized spacial score (nSPS) is 22.1.